The van der Waals surface area contributed by atoms with Gasteiger partial charge in [0.1, 0.15) is 5.82 Å². The molecule has 0 spiro atoms. The molecule has 0 radical (unpaired) electrons. The van der Waals surface area contributed by atoms with Crippen LogP contribution in [0.4, 0.5) is 10.1 Å². The lowest BCUT2D eigenvalue weighted by atomic mass is 10.1. The van der Waals surface area contributed by atoms with Crippen molar-refractivity contribution in [2.45, 2.75) is 13.8 Å². The van der Waals surface area contributed by atoms with Gasteiger partial charge in [0.2, 0.25) is 0 Å². The zero-order valence-electron chi connectivity index (χ0n) is 14.3. The lowest BCUT2D eigenvalue weighted by molar-refractivity contribution is 0.0992. The van der Waals surface area contributed by atoms with Crippen LogP contribution in [0.5, 0.6) is 0 Å². The van der Waals surface area contributed by atoms with E-state index in [4.69, 9.17) is 5.73 Å². The third kappa shape index (κ3) is 3.46. The molecule has 0 saturated heterocycles. The summed E-state index contributed by atoms with van der Waals surface area (Å²) in [5.41, 5.74) is 8.27. The fourth-order valence-corrected chi connectivity index (χ4v) is 2.64. The van der Waals surface area contributed by atoms with E-state index in [0.717, 1.165) is 23.1 Å². The maximum atomic E-state index is 13.5. The van der Waals surface area contributed by atoms with Crippen molar-refractivity contribution in [1.82, 2.24) is 9.78 Å². The first-order valence-corrected chi connectivity index (χ1v) is 7.89. The highest BCUT2D eigenvalue weighted by atomic mass is 19.1. The Morgan fingerprint density at radius 1 is 1.08 bits per heavy atom. The Hall–Kier alpha value is -3.48. The van der Waals surface area contributed by atoms with Crippen LogP contribution in [0.3, 0.4) is 0 Å². The minimum atomic E-state index is -0.896. The number of primary amides is 1. The van der Waals surface area contributed by atoms with Crippen LogP contribution in [0.2, 0.25) is 0 Å². The van der Waals surface area contributed by atoms with Crippen LogP contribution in [-0.4, -0.2) is 21.6 Å². The van der Waals surface area contributed by atoms with E-state index < -0.39 is 11.7 Å². The molecule has 0 fully saturated rings. The fraction of sp³-hybridized carbons (Fsp3) is 0.105. The van der Waals surface area contributed by atoms with Crippen molar-refractivity contribution in [2.24, 2.45) is 5.73 Å². The quantitative estimate of drug-likeness (QED) is 0.756. The summed E-state index contributed by atoms with van der Waals surface area (Å²) in [6.45, 7) is 3.86. The zero-order chi connectivity index (χ0) is 18.8. The number of rotatable bonds is 4. The van der Waals surface area contributed by atoms with E-state index in [9.17, 15) is 14.0 Å². The van der Waals surface area contributed by atoms with Crippen LogP contribution >= 0.6 is 0 Å². The molecule has 132 valence electrons. The predicted molar refractivity (Wildman–Crippen MR) is 95.9 cm³/mol. The zero-order valence-corrected chi connectivity index (χ0v) is 14.3. The number of amides is 2. The molecule has 0 aliphatic carbocycles. The number of benzene rings is 2. The monoisotopic (exact) mass is 352 g/mol. The minimum absolute atomic E-state index is 0.275. The standard InChI is InChI=1S/C19H17FN4O2/c1-11-9-12(2)24(23-11)15-6-3-13(4-7-15)19(26)22-14-5-8-17(20)16(10-14)18(21)25/h3-10H,1-2H3,(H2,21,25)(H,22,26). The number of halogens is 1. The molecule has 6 nitrogen and oxygen atoms in total. The van der Waals surface area contributed by atoms with Crippen molar-refractivity contribution >= 4 is 17.5 Å². The van der Waals surface area contributed by atoms with Crippen LogP contribution in [0, 0.1) is 19.7 Å². The second kappa shape index (κ2) is 6.79. The molecule has 0 aliphatic rings. The van der Waals surface area contributed by atoms with Crippen molar-refractivity contribution in [1.29, 1.82) is 0 Å². The van der Waals surface area contributed by atoms with E-state index in [1.807, 2.05) is 19.9 Å². The van der Waals surface area contributed by atoms with Crippen LogP contribution in [0.1, 0.15) is 32.1 Å². The molecule has 3 N–H and O–H groups in total. The van der Waals surface area contributed by atoms with Crippen LogP contribution in [0.25, 0.3) is 5.69 Å². The lowest BCUT2D eigenvalue weighted by Gasteiger charge is -2.08. The number of hydrogen-bond acceptors (Lipinski definition) is 3. The summed E-state index contributed by atoms with van der Waals surface area (Å²) in [6, 6.07) is 12.5. The van der Waals surface area contributed by atoms with E-state index in [0.29, 0.717) is 5.56 Å². The molecule has 2 aromatic carbocycles. The highest BCUT2D eigenvalue weighted by Crippen LogP contribution is 2.17. The van der Waals surface area contributed by atoms with Gasteiger partial charge < -0.3 is 11.1 Å². The number of anilines is 1. The fourth-order valence-electron chi connectivity index (χ4n) is 2.64. The van der Waals surface area contributed by atoms with Crippen molar-refractivity contribution in [3.05, 3.63) is 76.9 Å². The van der Waals surface area contributed by atoms with E-state index in [1.165, 1.54) is 12.1 Å². The molecule has 0 atom stereocenters. The summed E-state index contributed by atoms with van der Waals surface area (Å²) >= 11 is 0. The Bertz CT molecular complexity index is 993. The molecule has 0 aliphatic heterocycles. The number of hydrogen-bond donors (Lipinski definition) is 2. The summed E-state index contributed by atoms with van der Waals surface area (Å²) in [7, 11) is 0. The predicted octanol–water partition coefficient (Wildman–Crippen LogP) is 2.98. The molecule has 0 bridgehead atoms. The largest absolute Gasteiger partial charge is 0.366 e. The van der Waals surface area contributed by atoms with Crippen molar-refractivity contribution in [2.75, 3.05) is 5.32 Å². The van der Waals surface area contributed by atoms with E-state index in [-0.39, 0.29) is 17.2 Å². The molecule has 1 heterocycles. The van der Waals surface area contributed by atoms with Gasteiger partial charge in [0.05, 0.1) is 16.9 Å². The van der Waals surface area contributed by atoms with E-state index >= 15 is 0 Å². The average Bonchev–Trinajstić information content (AvgIpc) is 2.94. The van der Waals surface area contributed by atoms with Crippen molar-refractivity contribution < 1.29 is 14.0 Å². The normalized spacial score (nSPS) is 10.6. The number of nitrogens with two attached hydrogens (primary N) is 1. The van der Waals surface area contributed by atoms with Gasteiger partial charge in [-0.25, -0.2) is 9.07 Å². The molecule has 3 aromatic rings. The van der Waals surface area contributed by atoms with E-state index in [1.54, 1.807) is 28.9 Å². The summed E-state index contributed by atoms with van der Waals surface area (Å²) in [4.78, 5) is 23.5. The first kappa shape index (κ1) is 17.3. The number of carbonyl (C=O) groups excluding carboxylic acids is 2. The molecule has 0 saturated carbocycles. The van der Waals surface area contributed by atoms with Gasteiger partial charge in [-0.1, -0.05) is 0 Å². The number of aryl methyl sites for hydroxylation is 2. The van der Waals surface area contributed by atoms with E-state index in [2.05, 4.69) is 10.4 Å². The van der Waals surface area contributed by atoms with Gasteiger partial charge in [-0.15, -0.1) is 0 Å². The summed E-state index contributed by atoms with van der Waals surface area (Å²) < 4.78 is 15.3. The highest BCUT2D eigenvalue weighted by molar-refractivity contribution is 6.05. The molecule has 26 heavy (non-hydrogen) atoms. The number of nitrogens with one attached hydrogen (secondary N) is 1. The van der Waals surface area contributed by atoms with Gasteiger partial charge in [-0.05, 0) is 62.4 Å². The van der Waals surface area contributed by atoms with Gasteiger partial charge >= 0.3 is 0 Å². The van der Waals surface area contributed by atoms with Gasteiger partial charge in [0.15, 0.2) is 0 Å². The van der Waals surface area contributed by atoms with Crippen LogP contribution in [-0.2, 0) is 0 Å². The lowest BCUT2D eigenvalue weighted by Crippen LogP contribution is -2.16. The van der Waals surface area contributed by atoms with Crippen LogP contribution < -0.4 is 11.1 Å². The van der Waals surface area contributed by atoms with Crippen molar-refractivity contribution in [3.8, 4) is 5.69 Å². The van der Waals surface area contributed by atoms with Crippen molar-refractivity contribution in [3.63, 3.8) is 0 Å². The van der Waals surface area contributed by atoms with Gasteiger partial charge in [0.25, 0.3) is 11.8 Å². The molecule has 3 rings (SSSR count). The summed E-state index contributed by atoms with van der Waals surface area (Å²) in [5, 5.41) is 7.01. The first-order valence-electron chi connectivity index (χ1n) is 7.89. The average molecular weight is 352 g/mol. The molecule has 1 aromatic heterocycles. The number of carbonyl (C=O) groups is 2. The first-order chi connectivity index (χ1) is 12.3. The minimum Gasteiger partial charge on any atom is -0.366 e. The van der Waals surface area contributed by atoms with Gasteiger partial charge in [-0.2, -0.15) is 5.10 Å². The topological polar surface area (TPSA) is 90.0 Å². The second-order valence-corrected chi connectivity index (χ2v) is 5.90. The summed E-state index contributed by atoms with van der Waals surface area (Å²) in [5.74, 6) is -2.01. The second-order valence-electron chi connectivity index (χ2n) is 5.90. The number of nitrogens with zero attached hydrogens (tertiary/aromatic N) is 2. The number of aromatic nitrogens is 2. The molecule has 7 heteroatoms. The Morgan fingerprint density at radius 3 is 2.35 bits per heavy atom. The SMILES string of the molecule is Cc1cc(C)n(-c2ccc(C(=O)Nc3ccc(F)c(C(N)=O)c3)cc2)n1. The Labute approximate surface area is 149 Å². The molecular weight excluding hydrogens is 335 g/mol. The summed E-state index contributed by atoms with van der Waals surface area (Å²) in [6.07, 6.45) is 0. The molecular formula is C19H17FN4O2. The maximum Gasteiger partial charge on any atom is 0.255 e. The molecule has 0 unspecified atom stereocenters. The van der Waals surface area contributed by atoms with Gasteiger partial charge in [0, 0.05) is 16.9 Å². The molecule has 2 amide bonds. The van der Waals surface area contributed by atoms with Crippen LogP contribution in [0.15, 0.2) is 48.5 Å². The smallest absolute Gasteiger partial charge is 0.255 e. The highest BCUT2D eigenvalue weighted by Gasteiger charge is 2.12. The third-order valence-corrected chi connectivity index (χ3v) is 3.87. The Kier molecular flexibility index (Phi) is 4.53. The maximum absolute atomic E-state index is 13.5. The van der Waals surface area contributed by atoms with Gasteiger partial charge in [-0.3, -0.25) is 9.59 Å². The Morgan fingerprint density at radius 2 is 1.77 bits per heavy atom. The Balaban J connectivity index is 1.79. The third-order valence-electron chi connectivity index (χ3n) is 3.87.